The Kier molecular flexibility index (Phi) is 7.51. The van der Waals surface area contributed by atoms with Gasteiger partial charge in [0.1, 0.15) is 5.75 Å². The Morgan fingerprint density at radius 2 is 1.97 bits per heavy atom. The molecule has 1 heterocycles. The molecule has 0 bridgehead atoms. The molecule has 3 rings (SSSR count). The van der Waals surface area contributed by atoms with Crippen molar-refractivity contribution in [2.45, 2.75) is 13.0 Å². The van der Waals surface area contributed by atoms with Crippen LogP contribution in [-0.2, 0) is 4.79 Å². The van der Waals surface area contributed by atoms with Crippen molar-refractivity contribution in [3.8, 4) is 11.5 Å². The first-order valence-corrected chi connectivity index (χ1v) is 9.98. The molecule has 1 aromatic heterocycles. The molecule has 1 atom stereocenters. The smallest absolute Gasteiger partial charge is 0.244 e. The van der Waals surface area contributed by atoms with Crippen molar-refractivity contribution in [2.24, 2.45) is 0 Å². The van der Waals surface area contributed by atoms with E-state index in [9.17, 15) is 9.18 Å². The van der Waals surface area contributed by atoms with Crippen LogP contribution in [0.25, 0.3) is 6.08 Å². The van der Waals surface area contributed by atoms with E-state index in [1.165, 1.54) is 30.0 Å². The lowest BCUT2D eigenvalue weighted by Crippen LogP contribution is -2.33. The number of carbonyl (C=O) groups excluding carboxylic acids is 1. The number of likely N-dealkylation sites (N-methyl/N-ethyl adjacent to an activating group) is 1. The third-order valence-corrected chi connectivity index (χ3v) is 4.80. The number of halogens is 1. The maximum Gasteiger partial charge on any atom is 0.244 e. The number of hydrogen-bond acceptors (Lipinski definition) is 4. The molecule has 160 valence electrons. The summed E-state index contributed by atoms with van der Waals surface area (Å²) in [6.07, 6.45) is 6.10. The van der Waals surface area contributed by atoms with E-state index in [0.717, 1.165) is 5.56 Å². The maximum atomic E-state index is 14.3. The van der Waals surface area contributed by atoms with Gasteiger partial charge >= 0.3 is 0 Å². The average Bonchev–Trinajstić information content (AvgIpc) is 2.76. The van der Waals surface area contributed by atoms with Crippen LogP contribution in [0.4, 0.5) is 4.39 Å². The molecule has 0 aliphatic carbocycles. The highest BCUT2D eigenvalue weighted by Crippen LogP contribution is 2.25. The molecule has 0 aliphatic heterocycles. The standard InChI is InChI=1S/C25H26FN3O2/c1-18-6-10-20(11-7-18)23(29(2)3)17-28-25(30)13-9-19-8-12-24(22(26)15-19)31-21-5-4-14-27-16-21/h4-16,23H,17H2,1-3H3,(H,28,30)/b13-9+. The van der Waals surface area contributed by atoms with E-state index in [2.05, 4.69) is 39.5 Å². The zero-order valence-corrected chi connectivity index (χ0v) is 17.9. The molecule has 0 spiro atoms. The van der Waals surface area contributed by atoms with Crippen LogP contribution < -0.4 is 10.1 Å². The largest absolute Gasteiger partial charge is 0.453 e. The summed E-state index contributed by atoms with van der Waals surface area (Å²) in [6.45, 7) is 2.51. The van der Waals surface area contributed by atoms with E-state index in [4.69, 9.17) is 4.74 Å². The number of aromatic nitrogens is 1. The Hall–Kier alpha value is -3.51. The first-order chi connectivity index (χ1) is 14.9. The van der Waals surface area contributed by atoms with Gasteiger partial charge in [-0.25, -0.2) is 4.39 Å². The fourth-order valence-electron chi connectivity index (χ4n) is 3.05. The Balaban J connectivity index is 1.58. The minimum absolute atomic E-state index is 0.0549. The Labute approximate surface area is 182 Å². The second kappa shape index (κ2) is 10.5. The highest BCUT2D eigenvalue weighted by molar-refractivity contribution is 5.91. The quantitative estimate of drug-likeness (QED) is 0.535. The van der Waals surface area contributed by atoms with Crippen molar-refractivity contribution in [1.82, 2.24) is 15.2 Å². The van der Waals surface area contributed by atoms with Crippen LogP contribution in [0.3, 0.4) is 0 Å². The minimum atomic E-state index is -0.515. The van der Waals surface area contributed by atoms with Gasteiger partial charge in [-0.1, -0.05) is 35.9 Å². The second-order valence-electron chi connectivity index (χ2n) is 7.45. The number of rotatable bonds is 8. The summed E-state index contributed by atoms with van der Waals surface area (Å²) in [5, 5.41) is 2.91. The van der Waals surface area contributed by atoms with E-state index in [1.807, 2.05) is 21.0 Å². The van der Waals surface area contributed by atoms with E-state index in [-0.39, 0.29) is 17.7 Å². The van der Waals surface area contributed by atoms with Crippen molar-refractivity contribution in [2.75, 3.05) is 20.6 Å². The summed E-state index contributed by atoms with van der Waals surface area (Å²) in [5.74, 6) is -0.205. The van der Waals surface area contributed by atoms with Gasteiger partial charge in [-0.3, -0.25) is 9.78 Å². The molecule has 2 aromatic carbocycles. The van der Waals surface area contributed by atoms with Gasteiger partial charge in [0.25, 0.3) is 0 Å². The van der Waals surface area contributed by atoms with Crippen molar-refractivity contribution < 1.29 is 13.9 Å². The molecular weight excluding hydrogens is 393 g/mol. The lowest BCUT2D eigenvalue weighted by Gasteiger charge is -2.25. The number of amides is 1. The second-order valence-corrected chi connectivity index (χ2v) is 7.45. The molecule has 0 saturated heterocycles. The van der Waals surface area contributed by atoms with Crippen molar-refractivity contribution in [1.29, 1.82) is 0 Å². The van der Waals surface area contributed by atoms with E-state index in [1.54, 1.807) is 30.5 Å². The summed E-state index contributed by atoms with van der Waals surface area (Å²) in [6, 6.07) is 16.3. The number of carbonyl (C=O) groups is 1. The van der Waals surface area contributed by atoms with Gasteiger partial charge in [-0.2, -0.15) is 0 Å². The summed E-state index contributed by atoms with van der Waals surface area (Å²) in [4.78, 5) is 18.3. The number of ether oxygens (including phenoxy) is 1. The number of aryl methyl sites for hydroxylation is 1. The van der Waals surface area contributed by atoms with Crippen molar-refractivity contribution in [3.63, 3.8) is 0 Å². The maximum absolute atomic E-state index is 14.3. The van der Waals surface area contributed by atoms with E-state index < -0.39 is 5.82 Å². The monoisotopic (exact) mass is 419 g/mol. The number of nitrogens with one attached hydrogen (secondary N) is 1. The lowest BCUT2D eigenvalue weighted by atomic mass is 10.0. The SMILES string of the molecule is Cc1ccc(C(CNC(=O)/C=C/c2ccc(Oc3cccnc3)c(F)c2)N(C)C)cc1. The molecule has 1 amide bonds. The van der Waals surface area contributed by atoms with Crippen LogP contribution >= 0.6 is 0 Å². The van der Waals surface area contributed by atoms with Gasteiger partial charge in [0.05, 0.1) is 12.2 Å². The average molecular weight is 420 g/mol. The normalized spacial score (nSPS) is 12.2. The highest BCUT2D eigenvalue weighted by Gasteiger charge is 2.14. The molecule has 1 N–H and O–H groups in total. The lowest BCUT2D eigenvalue weighted by molar-refractivity contribution is -0.116. The third-order valence-electron chi connectivity index (χ3n) is 4.80. The van der Waals surface area contributed by atoms with Gasteiger partial charge in [-0.05, 0) is 62.5 Å². The van der Waals surface area contributed by atoms with Gasteiger partial charge in [0.2, 0.25) is 5.91 Å². The number of nitrogens with zero attached hydrogens (tertiary/aromatic N) is 2. The van der Waals surface area contributed by atoms with Gasteiger partial charge in [0, 0.05) is 18.8 Å². The van der Waals surface area contributed by atoms with Gasteiger partial charge in [-0.15, -0.1) is 0 Å². The van der Waals surface area contributed by atoms with Crippen molar-refractivity contribution in [3.05, 3.63) is 95.6 Å². The van der Waals surface area contributed by atoms with Crippen LogP contribution in [0.2, 0.25) is 0 Å². The van der Waals surface area contributed by atoms with Crippen LogP contribution in [0, 0.1) is 12.7 Å². The Morgan fingerprint density at radius 3 is 2.61 bits per heavy atom. The first-order valence-electron chi connectivity index (χ1n) is 9.98. The Morgan fingerprint density at radius 1 is 1.19 bits per heavy atom. The molecule has 6 heteroatoms. The summed E-state index contributed by atoms with van der Waals surface area (Å²) in [5.41, 5.74) is 2.89. The highest BCUT2D eigenvalue weighted by atomic mass is 19.1. The van der Waals surface area contributed by atoms with E-state index in [0.29, 0.717) is 17.9 Å². The van der Waals surface area contributed by atoms with Crippen LogP contribution in [0.15, 0.2) is 73.1 Å². The fourth-order valence-corrected chi connectivity index (χ4v) is 3.05. The first kappa shape index (κ1) is 22.2. The molecule has 0 radical (unpaired) electrons. The molecular formula is C25H26FN3O2. The molecule has 0 fully saturated rings. The van der Waals surface area contributed by atoms with E-state index >= 15 is 0 Å². The summed E-state index contributed by atoms with van der Waals surface area (Å²) < 4.78 is 19.8. The number of benzene rings is 2. The summed E-state index contributed by atoms with van der Waals surface area (Å²) >= 11 is 0. The third kappa shape index (κ3) is 6.49. The predicted octanol–water partition coefficient (Wildman–Crippen LogP) is 4.75. The summed E-state index contributed by atoms with van der Waals surface area (Å²) in [7, 11) is 3.95. The van der Waals surface area contributed by atoms with Crippen LogP contribution in [0.5, 0.6) is 11.5 Å². The number of pyridine rings is 1. The molecule has 1 unspecified atom stereocenters. The molecule has 31 heavy (non-hydrogen) atoms. The van der Waals surface area contributed by atoms with Crippen LogP contribution in [-0.4, -0.2) is 36.4 Å². The zero-order chi connectivity index (χ0) is 22.2. The number of hydrogen-bond donors (Lipinski definition) is 1. The van der Waals surface area contributed by atoms with Gasteiger partial charge < -0.3 is 15.0 Å². The van der Waals surface area contributed by atoms with Crippen molar-refractivity contribution >= 4 is 12.0 Å². The molecule has 0 aliphatic rings. The molecule has 0 saturated carbocycles. The molecule has 5 nitrogen and oxygen atoms in total. The minimum Gasteiger partial charge on any atom is -0.453 e. The molecule has 3 aromatic rings. The van der Waals surface area contributed by atoms with Gasteiger partial charge in [0.15, 0.2) is 11.6 Å². The van der Waals surface area contributed by atoms with Crippen LogP contribution in [0.1, 0.15) is 22.7 Å². The fraction of sp³-hybridized carbons (Fsp3) is 0.200. The topological polar surface area (TPSA) is 54.5 Å². The Bertz CT molecular complexity index is 1030. The predicted molar refractivity (Wildman–Crippen MR) is 120 cm³/mol. The zero-order valence-electron chi connectivity index (χ0n) is 17.9.